The number of carbonyl (C=O) groups excluding carboxylic acids is 2. The van der Waals surface area contributed by atoms with Crippen molar-refractivity contribution in [2.45, 2.75) is 68.5 Å². The van der Waals surface area contributed by atoms with E-state index in [1.807, 2.05) is 78.9 Å². The number of hydrogen-bond acceptors (Lipinski definition) is 3. The average molecular weight is 614 g/mol. The van der Waals surface area contributed by atoms with E-state index in [9.17, 15) is 9.59 Å². The lowest BCUT2D eigenvalue weighted by Gasteiger charge is -2.32. The van der Waals surface area contributed by atoms with Gasteiger partial charge in [0.05, 0.1) is 0 Å². The lowest BCUT2D eigenvalue weighted by atomic mass is 10.0. The van der Waals surface area contributed by atoms with Gasteiger partial charge in [-0.05, 0) is 72.5 Å². The zero-order valence-corrected chi connectivity index (χ0v) is 24.6. The highest BCUT2D eigenvalue weighted by molar-refractivity contribution is 9.10. The molecular weight excluding hydrogens is 580 g/mol. The minimum Gasteiger partial charge on any atom is -0.352 e. The molecule has 0 heterocycles. The van der Waals surface area contributed by atoms with Crippen molar-refractivity contribution in [2.75, 3.05) is 5.75 Å². The molecule has 1 saturated carbocycles. The molecule has 1 fully saturated rings. The molecule has 7 heteroatoms. The third-order valence-electron chi connectivity index (χ3n) is 6.86. The van der Waals surface area contributed by atoms with Crippen molar-refractivity contribution in [3.63, 3.8) is 0 Å². The Balaban J connectivity index is 1.50. The molecule has 3 aromatic carbocycles. The summed E-state index contributed by atoms with van der Waals surface area (Å²) in [5.74, 6) is 0.769. The standard InChI is InChI=1S/C31H34BrClN2O2S/c32-25-14-12-24(13-15-25)22-35(30(36)11-6-20-38-28-18-16-26(33)17-19-28)29(21-23-7-2-1-3-8-23)31(37)34-27-9-4-5-10-27/h1-3,7-8,12-19,27,29H,4-6,9-11,20-22H2,(H,34,37). The predicted molar refractivity (Wildman–Crippen MR) is 160 cm³/mol. The van der Waals surface area contributed by atoms with Crippen LogP contribution in [0.15, 0.2) is 88.2 Å². The van der Waals surface area contributed by atoms with Crippen molar-refractivity contribution in [3.05, 3.63) is 99.5 Å². The summed E-state index contributed by atoms with van der Waals surface area (Å²) in [6.45, 7) is 0.395. The molecule has 2 amide bonds. The number of rotatable bonds is 12. The molecule has 0 saturated heterocycles. The van der Waals surface area contributed by atoms with Crippen molar-refractivity contribution in [1.29, 1.82) is 0 Å². The number of amides is 2. The molecule has 1 aliphatic carbocycles. The van der Waals surface area contributed by atoms with Gasteiger partial charge < -0.3 is 10.2 Å². The Labute approximate surface area is 243 Å². The average Bonchev–Trinajstić information content (AvgIpc) is 3.44. The van der Waals surface area contributed by atoms with E-state index < -0.39 is 6.04 Å². The second-order valence-electron chi connectivity index (χ2n) is 9.75. The Morgan fingerprint density at radius 1 is 0.947 bits per heavy atom. The van der Waals surface area contributed by atoms with Crippen LogP contribution in [-0.2, 0) is 22.6 Å². The van der Waals surface area contributed by atoms with Gasteiger partial charge in [-0.1, -0.05) is 82.8 Å². The van der Waals surface area contributed by atoms with Crippen molar-refractivity contribution in [3.8, 4) is 0 Å². The highest BCUT2D eigenvalue weighted by atomic mass is 79.9. The summed E-state index contributed by atoms with van der Waals surface area (Å²) >= 11 is 11.2. The van der Waals surface area contributed by atoms with Crippen molar-refractivity contribution in [1.82, 2.24) is 10.2 Å². The summed E-state index contributed by atoms with van der Waals surface area (Å²) < 4.78 is 0.984. The van der Waals surface area contributed by atoms with E-state index in [2.05, 4.69) is 21.2 Å². The molecular formula is C31H34BrClN2O2S. The van der Waals surface area contributed by atoms with Gasteiger partial charge in [0.1, 0.15) is 6.04 Å². The second kappa shape index (κ2) is 14.8. The molecule has 0 spiro atoms. The molecule has 38 heavy (non-hydrogen) atoms. The fourth-order valence-corrected chi connectivity index (χ4v) is 6.04. The third-order valence-corrected chi connectivity index (χ3v) is 8.74. The van der Waals surface area contributed by atoms with Crippen molar-refractivity contribution in [2.24, 2.45) is 0 Å². The van der Waals surface area contributed by atoms with E-state index in [0.29, 0.717) is 24.4 Å². The van der Waals surface area contributed by atoms with Crippen LogP contribution >= 0.6 is 39.3 Å². The Hall–Kier alpha value is -2.28. The maximum absolute atomic E-state index is 13.8. The van der Waals surface area contributed by atoms with E-state index in [0.717, 1.165) is 58.4 Å². The summed E-state index contributed by atoms with van der Waals surface area (Å²) in [5.41, 5.74) is 2.05. The van der Waals surface area contributed by atoms with E-state index >= 15 is 0 Å². The minimum absolute atomic E-state index is 0.00660. The van der Waals surface area contributed by atoms with Gasteiger partial charge in [-0.2, -0.15) is 0 Å². The first-order valence-corrected chi connectivity index (χ1v) is 15.4. The lowest BCUT2D eigenvalue weighted by molar-refractivity contribution is -0.141. The van der Waals surface area contributed by atoms with E-state index in [1.54, 1.807) is 16.7 Å². The molecule has 1 aliphatic rings. The number of carbonyl (C=O) groups is 2. The number of nitrogens with one attached hydrogen (secondary N) is 1. The van der Waals surface area contributed by atoms with Crippen LogP contribution in [0.2, 0.25) is 5.02 Å². The van der Waals surface area contributed by atoms with E-state index in [-0.39, 0.29) is 17.9 Å². The number of thioether (sulfide) groups is 1. The Bertz CT molecular complexity index is 1170. The molecule has 0 bridgehead atoms. The minimum atomic E-state index is -0.571. The molecule has 1 atom stereocenters. The van der Waals surface area contributed by atoms with Crippen LogP contribution in [0.1, 0.15) is 49.7 Å². The molecule has 4 rings (SSSR count). The first kappa shape index (κ1) is 28.7. The van der Waals surface area contributed by atoms with Crippen LogP contribution in [0.3, 0.4) is 0 Å². The van der Waals surface area contributed by atoms with E-state index in [1.165, 1.54) is 0 Å². The van der Waals surface area contributed by atoms with Crippen LogP contribution in [0, 0.1) is 0 Å². The van der Waals surface area contributed by atoms with Gasteiger partial charge in [0.15, 0.2) is 0 Å². The van der Waals surface area contributed by atoms with Gasteiger partial charge in [-0.15, -0.1) is 11.8 Å². The van der Waals surface area contributed by atoms with Crippen molar-refractivity contribution < 1.29 is 9.59 Å². The van der Waals surface area contributed by atoms with Crippen LogP contribution in [0.25, 0.3) is 0 Å². The molecule has 200 valence electrons. The fraction of sp³-hybridized carbons (Fsp3) is 0.355. The number of halogens is 2. The summed E-state index contributed by atoms with van der Waals surface area (Å²) in [5, 5.41) is 3.98. The summed E-state index contributed by atoms with van der Waals surface area (Å²) in [6, 6.07) is 25.4. The highest BCUT2D eigenvalue weighted by Crippen LogP contribution is 2.24. The summed E-state index contributed by atoms with van der Waals surface area (Å²) in [6.07, 6.45) is 5.90. The first-order chi connectivity index (χ1) is 18.5. The van der Waals surface area contributed by atoms with Gasteiger partial charge in [-0.3, -0.25) is 9.59 Å². The molecule has 4 nitrogen and oxygen atoms in total. The Morgan fingerprint density at radius 2 is 1.63 bits per heavy atom. The monoisotopic (exact) mass is 612 g/mol. The Morgan fingerprint density at radius 3 is 2.32 bits per heavy atom. The molecule has 3 aromatic rings. The van der Waals surface area contributed by atoms with Gasteiger partial charge in [0, 0.05) is 39.8 Å². The number of hydrogen-bond donors (Lipinski definition) is 1. The van der Waals surface area contributed by atoms with Gasteiger partial charge in [0.25, 0.3) is 0 Å². The lowest BCUT2D eigenvalue weighted by Crippen LogP contribution is -2.52. The first-order valence-electron chi connectivity index (χ1n) is 13.2. The number of nitrogens with zero attached hydrogens (tertiary/aromatic N) is 1. The van der Waals surface area contributed by atoms with E-state index in [4.69, 9.17) is 11.6 Å². The molecule has 0 aromatic heterocycles. The van der Waals surface area contributed by atoms with Crippen LogP contribution in [-0.4, -0.2) is 34.6 Å². The van der Waals surface area contributed by atoms with Crippen molar-refractivity contribution >= 4 is 51.1 Å². The largest absolute Gasteiger partial charge is 0.352 e. The van der Waals surface area contributed by atoms with Crippen LogP contribution in [0.5, 0.6) is 0 Å². The summed E-state index contributed by atoms with van der Waals surface area (Å²) in [7, 11) is 0. The maximum atomic E-state index is 13.8. The third kappa shape index (κ3) is 8.89. The maximum Gasteiger partial charge on any atom is 0.243 e. The zero-order valence-electron chi connectivity index (χ0n) is 21.5. The normalized spacial score (nSPS) is 14.3. The summed E-state index contributed by atoms with van der Waals surface area (Å²) in [4.78, 5) is 30.4. The van der Waals surface area contributed by atoms with Crippen LogP contribution < -0.4 is 5.32 Å². The molecule has 0 radical (unpaired) electrons. The highest BCUT2D eigenvalue weighted by Gasteiger charge is 2.31. The smallest absolute Gasteiger partial charge is 0.243 e. The SMILES string of the molecule is O=C(NC1CCCC1)C(Cc1ccccc1)N(Cc1ccc(Br)cc1)C(=O)CCCSc1ccc(Cl)cc1. The van der Waals surface area contributed by atoms with Gasteiger partial charge in [0.2, 0.25) is 11.8 Å². The topological polar surface area (TPSA) is 49.4 Å². The fourth-order valence-electron chi connectivity index (χ4n) is 4.80. The molecule has 1 unspecified atom stereocenters. The molecule has 0 aliphatic heterocycles. The van der Waals surface area contributed by atoms with Gasteiger partial charge in [-0.25, -0.2) is 0 Å². The number of benzene rings is 3. The Kier molecular flexibility index (Phi) is 11.2. The second-order valence-corrected chi connectivity index (χ2v) is 12.3. The van der Waals surface area contributed by atoms with Crippen LogP contribution in [0.4, 0.5) is 0 Å². The van der Waals surface area contributed by atoms with Gasteiger partial charge >= 0.3 is 0 Å². The zero-order chi connectivity index (χ0) is 26.7. The quantitative estimate of drug-likeness (QED) is 0.168. The molecule has 1 N–H and O–H groups in total. The predicted octanol–water partition coefficient (Wildman–Crippen LogP) is 7.67.